The first kappa shape index (κ1) is 10.0. The number of hydrogen-bond donors (Lipinski definition) is 0. The van der Waals surface area contributed by atoms with Gasteiger partial charge in [-0.3, -0.25) is 0 Å². The zero-order valence-corrected chi connectivity index (χ0v) is 8.64. The van der Waals surface area contributed by atoms with Gasteiger partial charge in [0.15, 0.2) is 0 Å². The van der Waals surface area contributed by atoms with E-state index in [1.54, 1.807) is 6.20 Å². The molecule has 0 radical (unpaired) electrons. The van der Waals surface area contributed by atoms with Crippen molar-refractivity contribution in [1.82, 2.24) is 4.98 Å². The Morgan fingerprint density at radius 3 is 2.25 bits per heavy atom. The maximum Gasteiger partial charge on any atom is 0.114 e. The molecule has 0 fully saturated rings. The number of pyridine rings is 1. The quantitative estimate of drug-likeness (QED) is 0.599. The van der Waals surface area contributed by atoms with E-state index < -0.39 is 0 Å². The molecular weight excluding hydrogens is 194 g/mol. The van der Waals surface area contributed by atoms with E-state index in [1.807, 2.05) is 48.5 Å². The smallest absolute Gasteiger partial charge is 0.114 e. The van der Waals surface area contributed by atoms with E-state index in [4.69, 9.17) is 0 Å². The van der Waals surface area contributed by atoms with Crippen molar-refractivity contribution in [3.8, 4) is 23.7 Å². The second kappa shape index (κ2) is 5.39. The largest absolute Gasteiger partial charge is 0.248 e. The Morgan fingerprint density at radius 1 is 0.750 bits per heavy atom. The standard InChI is InChI=1S/C15H9N/c1-2-8-14(9-3-1)10-4-5-11-15-12-6-7-13-16-15/h1-3,6-9,12-13H. The molecule has 1 nitrogen and oxygen atoms in total. The first-order chi connectivity index (χ1) is 7.95. The molecule has 1 heterocycles. The highest BCUT2D eigenvalue weighted by atomic mass is 14.6. The minimum Gasteiger partial charge on any atom is -0.248 e. The van der Waals surface area contributed by atoms with Crippen LogP contribution in [0.5, 0.6) is 0 Å². The third-order valence-electron chi connectivity index (χ3n) is 1.90. The fourth-order valence-electron chi connectivity index (χ4n) is 1.16. The van der Waals surface area contributed by atoms with E-state index in [0.29, 0.717) is 0 Å². The summed E-state index contributed by atoms with van der Waals surface area (Å²) in [5.74, 6) is 11.4. The van der Waals surface area contributed by atoms with E-state index in [0.717, 1.165) is 11.3 Å². The lowest BCUT2D eigenvalue weighted by atomic mass is 10.2. The predicted molar refractivity (Wildman–Crippen MR) is 64.4 cm³/mol. The van der Waals surface area contributed by atoms with E-state index >= 15 is 0 Å². The maximum atomic E-state index is 4.08. The van der Waals surface area contributed by atoms with Gasteiger partial charge in [0.2, 0.25) is 0 Å². The lowest BCUT2D eigenvalue weighted by molar-refractivity contribution is 1.29. The summed E-state index contributed by atoms with van der Waals surface area (Å²) in [5.41, 5.74) is 1.71. The van der Waals surface area contributed by atoms with Crippen molar-refractivity contribution in [2.75, 3.05) is 0 Å². The van der Waals surface area contributed by atoms with E-state index in [2.05, 4.69) is 28.7 Å². The van der Waals surface area contributed by atoms with Crippen molar-refractivity contribution < 1.29 is 0 Å². The van der Waals surface area contributed by atoms with Crippen molar-refractivity contribution in [3.05, 3.63) is 66.0 Å². The molecule has 0 atom stereocenters. The molecular formula is C15H9N. The Bertz CT molecular complexity index is 507. The Balaban J connectivity index is 2.09. The summed E-state index contributed by atoms with van der Waals surface area (Å²) in [5, 5.41) is 0. The van der Waals surface area contributed by atoms with Crippen LogP contribution in [0.2, 0.25) is 0 Å². The van der Waals surface area contributed by atoms with Crippen LogP contribution in [0.25, 0.3) is 0 Å². The molecule has 0 bridgehead atoms. The predicted octanol–water partition coefficient (Wildman–Crippen LogP) is 2.48. The van der Waals surface area contributed by atoms with Gasteiger partial charge in [-0.05, 0) is 42.0 Å². The van der Waals surface area contributed by atoms with E-state index in [9.17, 15) is 0 Å². The summed E-state index contributed by atoms with van der Waals surface area (Å²) in [6.45, 7) is 0. The molecule has 0 saturated heterocycles. The third-order valence-corrected chi connectivity index (χ3v) is 1.90. The zero-order chi connectivity index (χ0) is 11.1. The van der Waals surface area contributed by atoms with Crippen molar-refractivity contribution in [2.24, 2.45) is 0 Å². The molecule has 0 spiro atoms. The number of hydrogen-bond acceptors (Lipinski definition) is 1. The number of benzene rings is 1. The molecule has 0 saturated carbocycles. The van der Waals surface area contributed by atoms with Gasteiger partial charge in [-0.15, -0.1) is 0 Å². The van der Waals surface area contributed by atoms with Crippen LogP contribution in [0.1, 0.15) is 11.3 Å². The van der Waals surface area contributed by atoms with Gasteiger partial charge < -0.3 is 0 Å². The fraction of sp³-hybridized carbons (Fsp3) is 0. The molecule has 0 aliphatic carbocycles. The summed E-state index contributed by atoms with van der Waals surface area (Å²) < 4.78 is 0. The average Bonchev–Trinajstić information content (AvgIpc) is 2.37. The van der Waals surface area contributed by atoms with Gasteiger partial charge in [0.1, 0.15) is 5.69 Å². The lowest BCUT2D eigenvalue weighted by Gasteiger charge is -1.84. The summed E-state index contributed by atoms with van der Waals surface area (Å²) in [6.07, 6.45) is 1.72. The molecule has 2 aromatic rings. The minimum absolute atomic E-state index is 0.741. The number of rotatable bonds is 0. The molecule has 0 aliphatic rings. The normalized spacial score (nSPS) is 8.25. The van der Waals surface area contributed by atoms with Crippen molar-refractivity contribution in [3.63, 3.8) is 0 Å². The van der Waals surface area contributed by atoms with Crippen LogP contribution in [0.15, 0.2) is 54.7 Å². The molecule has 0 aliphatic heterocycles. The van der Waals surface area contributed by atoms with Crippen molar-refractivity contribution in [2.45, 2.75) is 0 Å². The molecule has 1 aromatic carbocycles. The maximum absolute atomic E-state index is 4.08. The first-order valence-electron chi connectivity index (χ1n) is 4.93. The third kappa shape index (κ3) is 3.01. The van der Waals surface area contributed by atoms with Crippen LogP contribution in [-0.4, -0.2) is 4.98 Å². The second-order valence-electron chi connectivity index (χ2n) is 3.08. The zero-order valence-electron chi connectivity index (χ0n) is 8.64. The molecule has 74 valence electrons. The van der Waals surface area contributed by atoms with Gasteiger partial charge in [0.05, 0.1) is 0 Å². The summed E-state index contributed by atoms with van der Waals surface area (Å²) in [6, 6.07) is 15.4. The summed E-state index contributed by atoms with van der Waals surface area (Å²) >= 11 is 0. The summed E-state index contributed by atoms with van der Waals surface area (Å²) in [7, 11) is 0. The van der Waals surface area contributed by atoms with Crippen LogP contribution >= 0.6 is 0 Å². The van der Waals surface area contributed by atoms with Gasteiger partial charge in [-0.1, -0.05) is 30.2 Å². The molecule has 16 heavy (non-hydrogen) atoms. The average molecular weight is 203 g/mol. The SMILES string of the molecule is C(C#Cc1ccccn1)#Cc1ccccc1. The molecule has 1 aromatic heterocycles. The van der Waals surface area contributed by atoms with Gasteiger partial charge in [0.25, 0.3) is 0 Å². The lowest BCUT2D eigenvalue weighted by Crippen LogP contribution is -1.77. The van der Waals surface area contributed by atoms with Gasteiger partial charge in [-0.25, -0.2) is 4.98 Å². The highest BCUT2D eigenvalue weighted by molar-refractivity contribution is 5.42. The second-order valence-corrected chi connectivity index (χ2v) is 3.08. The molecule has 0 N–H and O–H groups in total. The Hall–Kier alpha value is -2.51. The summed E-state index contributed by atoms with van der Waals surface area (Å²) in [4.78, 5) is 4.08. The van der Waals surface area contributed by atoms with E-state index in [-0.39, 0.29) is 0 Å². The minimum atomic E-state index is 0.741. The van der Waals surface area contributed by atoms with E-state index in [1.165, 1.54) is 0 Å². The van der Waals surface area contributed by atoms with Crippen LogP contribution in [-0.2, 0) is 0 Å². The van der Waals surface area contributed by atoms with Crippen molar-refractivity contribution in [1.29, 1.82) is 0 Å². The fourth-order valence-corrected chi connectivity index (χ4v) is 1.16. The Labute approximate surface area is 95.2 Å². The highest BCUT2D eigenvalue weighted by Crippen LogP contribution is 1.94. The van der Waals surface area contributed by atoms with Gasteiger partial charge >= 0.3 is 0 Å². The van der Waals surface area contributed by atoms with Crippen LogP contribution < -0.4 is 0 Å². The van der Waals surface area contributed by atoms with Gasteiger partial charge in [-0.2, -0.15) is 0 Å². The molecule has 0 unspecified atom stereocenters. The van der Waals surface area contributed by atoms with Crippen LogP contribution in [0.3, 0.4) is 0 Å². The Kier molecular flexibility index (Phi) is 3.38. The van der Waals surface area contributed by atoms with Crippen molar-refractivity contribution >= 4 is 0 Å². The Morgan fingerprint density at radius 2 is 1.50 bits per heavy atom. The van der Waals surface area contributed by atoms with Crippen LogP contribution in [0, 0.1) is 23.7 Å². The molecule has 0 amide bonds. The molecule has 1 heteroatoms. The first-order valence-corrected chi connectivity index (χ1v) is 4.93. The topological polar surface area (TPSA) is 12.9 Å². The van der Waals surface area contributed by atoms with Crippen LogP contribution in [0.4, 0.5) is 0 Å². The monoisotopic (exact) mass is 203 g/mol. The number of aromatic nitrogens is 1. The molecule has 2 rings (SSSR count). The number of nitrogens with zero attached hydrogens (tertiary/aromatic N) is 1. The highest BCUT2D eigenvalue weighted by Gasteiger charge is 1.81. The van der Waals surface area contributed by atoms with Gasteiger partial charge in [0, 0.05) is 11.8 Å².